The predicted octanol–water partition coefficient (Wildman–Crippen LogP) is 1.56. The van der Waals surface area contributed by atoms with Crippen molar-refractivity contribution in [3.63, 3.8) is 0 Å². The Kier molecular flexibility index (Phi) is 5.40. The molecule has 0 bridgehead atoms. The van der Waals surface area contributed by atoms with Crippen LogP contribution in [0.5, 0.6) is 0 Å². The number of carbonyl (C=O) groups is 1. The molecule has 0 aromatic heterocycles. The van der Waals surface area contributed by atoms with Gasteiger partial charge >= 0.3 is 5.97 Å². The van der Waals surface area contributed by atoms with Gasteiger partial charge in [0.05, 0.1) is 5.41 Å². The van der Waals surface area contributed by atoms with E-state index in [2.05, 4.69) is 17.1 Å². The van der Waals surface area contributed by atoms with Crippen molar-refractivity contribution in [1.29, 1.82) is 0 Å². The number of nitrogens with one attached hydrogen (secondary N) is 1. The minimum absolute atomic E-state index is 0.500. The van der Waals surface area contributed by atoms with Gasteiger partial charge in [-0.25, -0.2) is 0 Å². The van der Waals surface area contributed by atoms with Crippen LogP contribution in [0.4, 0.5) is 0 Å². The number of rotatable bonds is 6. The lowest BCUT2D eigenvalue weighted by Gasteiger charge is -2.33. The van der Waals surface area contributed by atoms with E-state index in [1.807, 2.05) is 0 Å². The molecule has 1 fully saturated rings. The van der Waals surface area contributed by atoms with E-state index in [9.17, 15) is 4.79 Å². The van der Waals surface area contributed by atoms with Gasteiger partial charge in [-0.3, -0.25) is 9.69 Å². The monoisotopic (exact) mass is 242 g/mol. The van der Waals surface area contributed by atoms with Crippen LogP contribution in [0.15, 0.2) is 0 Å². The third-order valence-corrected chi connectivity index (χ3v) is 3.60. The fourth-order valence-corrected chi connectivity index (χ4v) is 2.16. The normalized spacial score (nSPS) is 20.2. The molecule has 4 nitrogen and oxygen atoms in total. The van der Waals surface area contributed by atoms with Crippen molar-refractivity contribution in [2.75, 3.05) is 26.2 Å². The summed E-state index contributed by atoms with van der Waals surface area (Å²) in [7, 11) is 0. The summed E-state index contributed by atoms with van der Waals surface area (Å²) in [6.07, 6.45) is 3.94. The average Bonchev–Trinajstić information content (AvgIpc) is 2.29. The predicted molar refractivity (Wildman–Crippen MR) is 69.2 cm³/mol. The van der Waals surface area contributed by atoms with Crippen molar-refractivity contribution in [2.45, 2.75) is 46.1 Å². The largest absolute Gasteiger partial charge is 0.481 e. The van der Waals surface area contributed by atoms with Gasteiger partial charge in [0.25, 0.3) is 0 Å². The summed E-state index contributed by atoms with van der Waals surface area (Å²) in [5, 5.41) is 12.3. The quantitative estimate of drug-likeness (QED) is 0.742. The molecule has 4 heteroatoms. The topological polar surface area (TPSA) is 52.6 Å². The average molecular weight is 242 g/mol. The molecule has 0 aliphatic carbocycles. The summed E-state index contributed by atoms with van der Waals surface area (Å²) in [5.41, 5.74) is -0.679. The summed E-state index contributed by atoms with van der Waals surface area (Å²) in [6.45, 7) is 9.50. The highest BCUT2D eigenvalue weighted by atomic mass is 16.4. The zero-order valence-electron chi connectivity index (χ0n) is 11.3. The minimum Gasteiger partial charge on any atom is -0.481 e. The molecule has 1 heterocycles. The lowest BCUT2D eigenvalue weighted by atomic mass is 9.94. The van der Waals surface area contributed by atoms with Gasteiger partial charge in [0.15, 0.2) is 0 Å². The molecule has 1 atom stereocenters. The van der Waals surface area contributed by atoms with Gasteiger partial charge in [-0.15, -0.1) is 0 Å². The molecule has 0 aromatic rings. The Morgan fingerprint density at radius 1 is 1.35 bits per heavy atom. The molecule has 0 radical (unpaired) electrons. The van der Waals surface area contributed by atoms with Crippen LogP contribution in [-0.2, 0) is 4.79 Å². The Hall–Kier alpha value is -0.610. The fourth-order valence-electron chi connectivity index (χ4n) is 2.16. The summed E-state index contributed by atoms with van der Waals surface area (Å²) in [6, 6.07) is 0.500. The molecule has 0 saturated carbocycles. The van der Waals surface area contributed by atoms with Crippen molar-refractivity contribution >= 4 is 5.97 Å². The van der Waals surface area contributed by atoms with Crippen LogP contribution in [0.3, 0.4) is 0 Å². The van der Waals surface area contributed by atoms with E-state index in [-0.39, 0.29) is 0 Å². The molecular formula is C13H26N2O2. The second-order valence-electron chi connectivity index (χ2n) is 5.77. The molecule has 0 amide bonds. The molecule has 1 aliphatic rings. The Morgan fingerprint density at radius 3 is 2.47 bits per heavy atom. The maximum absolute atomic E-state index is 10.9. The number of carboxylic acid groups (broad SMARTS) is 1. The van der Waals surface area contributed by atoms with Crippen LogP contribution in [0.1, 0.15) is 40.0 Å². The van der Waals surface area contributed by atoms with Gasteiger partial charge in [-0.1, -0.05) is 6.42 Å². The summed E-state index contributed by atoms with van der Waals surface area (Å²) in [5.74, 6) is -0.740. The van der Waals surface area contributed by atoms with Gasteiger partial charge in [-0.05, 0) is 46.7 Å². The zero-order valence-corrected chi connectivity index (χ0v) is 11.3. The van der Waals surface area contributed by atoms with E-state index >= 15 is 0 Å². The van der Waals surface area contributed by atoms with E-state index in [4.69, 9.17) is 5.11 Å². The molecule has 0 spiro atoms. The number of hydrogen-bond acceptors (Lipinski definition) is 3. The highest BCUT2D eigenvalue weighted by molar-refractivity contribution is 5.73. The first-order valence-electron chi connectivity index (χ1n) is 6.61. The summed E-state index contributed by atoms with van der Waals surface area (Å²) >= 11 is 0. The first kappa shape index (κ1) is 14.5. The maximum atomic E-state index is 10.9. The van der Waals surface area contributed by atoms with Crippen LogP contribution in [0.25, 0.3) is 0 Å². The number of carboxylic acids is 1. The maximum Gasteiger partial charge on any atom is 0.310 e. The summed E-state index contributed by atoms with van der Waals surface area (Å²) < 4.78 is 0. The molecule has 1 rings (SSSR count). The van der Waals surface area contributed by atoms with Gasteiger partial charge in [0.2, 0.25) is 0 Å². The summed E-state index contributed by atoms with van der Waals surface area (Å²) in [4.78, 5) is 13.4. The van der Waals surface area contributed by atoms with Crippen molar-refractivity contribution in [2.24, 2.45) is 5.41 Å². The minimum atomic E-state index is -0.740. The van der Waals surface area contributed by atoms with Crippen LogP contribution in [-0.4, -0.2) is 48.2 Å². The first-order valence-corrected chi connectivity index (χ1v) is 6.61. The van der Waals surface area contributed by atoms with E-state index in [1.165, 1.54) is 32.4 Å². The number of likely N-dealkylation sites (tertiary alicyclic amines) is 1. The van der Waals surface area contributed by atoms with Gasteiger partial charge in [0, 0.05) is 19.1 Å². The molecule has 0 aromatic carbocycles. The lowest BCUT2D eigenvalue weighted by molar-refractivity contribution is -0.146. The molecule has 1 saturated heterocycles. The number of hydrogen-bond donors (Lipinski definition) is 2. The van der Waals surface area contributed by atoms with Crippen molar-refractivity contribution in [1.82, 2.24) is 10.2 Å². The smallest absolute Gasteiger partial charge is 0.310 e. The number of aliphatic carboxylic acids is 1. The standard InChI is InChI=1S/C13H26N2O2/c1-11(15-7-5-4-6-8-15)9-14-10-13(2,3)12(16)17/h11,14H,4-10H2,1-3H3,(H,16,17). The number of piperidine rings is 1. The third-order valence-electron chi connectivity index (χ3n) is 3.60. The van der Waals surface area contributed by atoms with Crippen LogP contribution in [0.2, 0.25) is 0 Å². The molecule has 1 unspecified atom stereocenters. The molecular weight excluding hydrogens is 216 g/mol. The SMILES string of the molecule is CC(CNCC(C)(C)C(=O)O)N1CCCCC1. The Labute approximate surface area is 104 Å². The Bertz CT molecular complexity index is 248. The third kappa shape index (κ3) is 4.64. The molecule has 2 N–H and O–H groups in total. The zero-order chi connectivity index (χ0) is 12.9. The Balaban J connectivity index is 2.23. The van der Waals surface area contributed by atoms with E-state index in [1.54, 1.807) is 13.8 Å². The van der Waals surface area contributed by atoms with Crippen molar-refractivity contribution < 1.29 is 9.90 Å². The first-order chi connectivity index (χ1) is 7.93. The molecule has 17 heavy (non-hydrogen) atoms. The molecule has 100 valence electrons. The lowest BCUT2D eigenvalue weighted by Crippen LogP contribution is -2.45. The van der Waals surface area contributed by atoms with Crippen LogP contribution in [0, 0.1) is 5.41 Å². The van der Waals surface area contributed by atoms with E-state index in [0.29, 0.717) is 12.6 Å². The van der Waals surface area contributed by atoms with Crippen LogP contribution < -0.4 is 5.32 Å². The fraction of sp³-hybridized carbons (Fsp3) is 0.923. The van der Waals surface area contributed by atoms with E-state index < -0.39 is 11.4 Å². The second kappa shape index (κ2) is 6.36. The highest BCUT2D eigenvalue weighted by Crippen LogP contribution is 2.14. The Morgan fingerprint density at radius 2 is 1.94 bits per heavy atom. The van der Waals surface area contributed by atoms with Crippen molar-refractivity contribution in [3.8, 4) is 0 Å². The van der Waals surface area contributed by atoms with Gasteiger partial charge in [-0.2, -0.15) is 0 Å². The molecule has 1 aliphatic heterocycles. The van der Waals surface area contributed by atoms with Crippen molar-refractivity contribution in [3.05, 3.63) is 0 Å². The van der Waals surface area contributed by atoms with Gasteiger partial charge in [0.1, 0.15) is 0 Å². The number of nitrogens with zero attached hydrogens (tertiary/aromatic N) is 1. The van der Waals surface area contributed by atoms with Gasteiger partial charge < -0.3 is 10.4 Å². The second-order valence-corrected chi connectivity index (χ2v) is 5.77. The van der Waals surface area contributed by atoms with Crippen LogP contribution >= 0.6 is 0 Å². The highest BCUT2D eigenvalue weighted by Gasteiger charge is 2.27. The van der Waals surface area contributed by atoms with E-state index in [0.717, 1.165) is 6.54 Å².